The summed E-state index contributed by atoms with van der Waals surface area (Å²) in [7, 11) is -2.01. The molecule has 0 bridgehead atoms. The Hall–Kier alpha value is -2.61. The lowest BCUT2D eigenvalue weighted by Gasteiger charge is -2.22. The zero-order valence-corrected chi connectivity index (χ0v) is 15.4. The summed E-state index contributed by atoms with van der Waals surface area (Å²) in [5.74, 6) is -0.0286. The van der Waals surface area contributed by atoms with Crippen LogP contribution >= 0.6 is 0 Å². The first kappa shape index (κ1) is 19.7. The first-order valence-electron chi connectivity index (χ1n) is 7.92. The largest absolute Gasteiger partial charge is 0.497 e. The zero-order chi connectivity index (χ0) is 19.2. The minimum absolute atomic E-state index is 0.000292. The fraction of sp³-hybridized carbons (Fsp3) is 0.278. The molecule has 2 aromatic rings. The number of rotatable bonds is 8. The van der Waals surface area contributed by atoms with Gasteiger partial charge in [-0.1, -0.05) is 12.1 Å². The summed E-state index contributed by atoms with van der Waals surface area (Å²) in [6, 6.07) is 12.3. The summed E-state index contributed by atoms with van der Waals surface area (Å²) >= 11 is 0. The van der Waals surface area contributed by atoms with E-state index in [2.05, 4.69) is 5.32 Å². The minimum atomic E-state index is -3.53. The number of halogens is 1. The predicted molar refractivity (Wildman–Crippen MR) is 98.0 cm³/mol. The number of benzene rings is 2. The molecule has 2 aromatic carbocycles. The number of hydrogen-bond acceptors (Lipinski definition) is 4. The van der Waals surface area contributed by atoms with Crippen LogP contribution in [0, 0.1) is 5.82 Å². The van der Waals surface area contributed by atoms with Gasteiger partial charge in [0.05, 0.1) is 19.1 Å². The van der Waals surface area contributed by atoms with Crippen LogP contribution < -0.4 is 14.4 Å². The summed E-state index contributed by atoms with van der Waals surface area (Å²) in [5, 5.41) is 2.69. The van der Waals surface area contributed by atoms with Crippen molar-refractivity contribution in [2.24, 2.45) is 0 Å². The van der Waals surface area contributed by atoms with Gasteiger partial charge in [-0.25, -0.2) is 12.8 Å². The second-order valence-electron chi connectivity index (χ2n) is 5.69. The molecule has 2 rings (SSSR count). The maximum absolute atomic E-state index is 12.9. The van der Waals surface area contributed by atoms with Gasteiger partial charge in [-0.3, -0.25) is 9.10 Å². The molecule has 0 atom stereocenters. The Morgan fingerprint density at radius 2 is 1.73 bits per heavy atom. The van der Waals surface area contributed by atoms with Gasteiger partial charge in [0.15, 0.2) is 0 Å². The monoisotopic (exact) mass is 380 g/mol. The molecule has 0 radical (unpaired) electrons. The molecule has 140 valence electrons. The summed E-state index contributed by atoms with van der Waals surface area (Å²) in [6.45, 7) is 0.265. The first-order valence-corrected chi connectivity index (χ1v) is 9.77. The van der Waals surface area contributed by atoms with E-state index in [0.29, 0.717) is 11.4 Å². The molecule has 0 aliphatic carbocycles. The molecule has 0 aliphatic rings. The van der Waals surface area contributed by atoms with Crippen molar-refractivity contribution < 1.29 is 22.3 Å². The maximum Gasteiger partial charge on any atom is 0.232 e. The second-order valence-corrected chi connectivity index (χ2v) is 7.59. The van der Waals surface area contributed by atoms with Crippen molar-refractivity contribution in [1.29, 1.82) is 0 Å². The molecule has 8 heteroatoms. The van der Waals surface area contributed by atoms with E-state index in [0.717, 1.165) is 11.8 Å². The summed E-state index contributed by atoms with van der Waals surface area (Å²) < 4.78 is 43.2. The van der Waals surface area contributed by atoms with E-state index in [1.165, 1.54) is 23.5 Å². The molecule has 0 aromatic heterocycles. The van der Waals surface area contributed by atoms with Crippen molar-refractivity contribution in [1.82, 2.24) is 5.32 Å². The van der Waals surface area contributed by atoms with Crippen molar-refractivity contribution in [3.8, 4) is 5.75 Å². The zero-order valence-electron chi connectivity index (χ0n) is 14.6. The number of ether oxygens (including phenoxy) is 1. The Balaban J connectivity index is 1.95. The topological polar surface area (TPSA) is 75.7 Å². The molecule has 0 saturated carbocycles. The lowest BCUT2D eigenvalue weighted by molar-refractivity contribution is -0.121. The molecule has 1 amide bonds. The normalized spacial score (nSPS) is 11.0. The second kappa shape index (κ2) is 8.66. The predicted octanol–water partition coefficient (Wildman–Crippen LogP) is 2.31. The van der Waals surface area contributed by atoms with Gasteiger partial charge in [-0.2, -0.15) is 0 Å². The highest BCUT2D eigenvalue weighted by atomic mass is 32.2. The van der Waals surface area contributed by atoms with E-state index in [9.17, 15) is 17.6 Å². The van der Waals surface area contributed by atoms with E-state index in [4.69, 9.17) is 4.74 Å². The maximum atomic E-state index is 12.9. The van der Waals surface area contributed by atoms with Gasteiger partial charge >= 0.3 is 0 Å². The van der Waals surface area contributed by atoms with Crippen LogP contribution in [0.15, 0.2) is 48.5 Å². The molecule has 1 N–H and O–H groups in total. The van der Waals surface area contributed by atoms with Crippen LogP contribution in [0.3, 0.4) is 0 Å². The van der Waals surface area contributed by atoms with Gasteiger partial charge in [0.25, 0.3) is 0 Å². The molecule has 0 unspecified atom stereocenters. The van der Waals surface area contributed by atoms with Gasteiger partial charge in [0.2, 0.25) is 15.9 Å². The highest BCUT2D eigenvalue weighted by Gasteiger charge is 2.18. The Bertz CT molecular complexity index is 836. The van der Waals surface area contributed by atoms with Gasteiger partial charge in [-0.05, 0) is 42.0 Å². The van der Waals surface area contributed by atoms with Crippen LogP contribution in [0.1, 0.15) is 12.0 Å². The summed E-state index contributed by atoms with van der Waals surface area (Å²) in [4.78, 5) is 12.0. The van der Waals surface area contributed by atoms with Crippen molar-refractivity contribution in [2.75, 3.05) is 24.2 Å². The Kier molecular flexibility index (Phi) is 6.57. The third kappa shape index (κ3) is 5.73. The number of amides is 1. The number of methoxy groups -OCH3 is 1. The van der Waals surface area contributed by atoms with Crippen LogP contribution in [0.2, 0.25) is 0 Å². The highest BCUT2D eigenvalue weighted by Crippen LogP contribution is 2.21. The number of carbonyl (C=O) groups is 1. The fourth-order valence-electron chi connectivity index (χ4n) is 2.33. The smallest absolute Gasteiger partial charge is 0.232 e. The Morgan fingerprint density at radius 1 is 1.12 bits per heavy atom. The molecule has 6 nitrogen and oxygen atoms in total. The van der Waals surface area contributed by atoms with E-state index in [1.54, 1.807) is 36.4 Å². The molecular formula is C18H21FN2O4S. The molecule has 0 saturated heterocycles. The van der Waals surface area contributed by atoms with Crippen LogP contribution in [-0.4, -0.2) is 34.2 Å². The van der Waals surface area contributed by atoms with Gasteiger partial charge in [0.1, 0.15) is 11.6 Å². The highest BCUT2D eigenvalue weighted by molar-refractivity contribution is 7.92. The van der Waals surface area contributed by atoms with Gasteiger partial charge in [-0.15, -0.1) is 0 Å². The van der Waals surface area contributed by atoms with Crippen molar-refractivity contribution in [3.63, 3.8) is 0 Å². The third-order valence-electron chi connectivity index (χ3n) is 3.71. The van der Waals surface area contributed by atoms with E-state index in [-0.39, 0.29) is 31.2 Å². The van der Waals surface area contributed by atoms with Gasteiger partial charge < -0.3 is 10.1 Å². The number of anilines is 1. The number of nitrogens with zero attached hydrogens (tertiary/aromatic N) is 1. The number of nitrogens with one attached hydrogen (secondary N) is 1. The Labute approximate surface area is 152 Å². The molecule has 26 heavy (non-hydrogen) atoms. The first-order chi connectivity index (χ1) is 12.3. The number of sulfonamides is 1. The average molecular weight is 380 g/mol. The van der Waals surface area contributed by atoms with Crippen molar-refractivity contribution >= 4 is 21.6 Å². The fourth-order valence-corrected chi connectivity index (χ4v) is 3.26. The molecule has 0 spiro atoms. The van der Waals surface area contributed by atoms with Crippen LogP contribution in [0.4, 0.5) is 10.1 Å². The van der Waals surface area contributed by atoms with Crippen LogP contribution in [0.25, 0.3) is 0 Å². The lowest BCUT2D eigenvalue weighted by Crippen LogP contribution is -2.34. The summed E-state index contributed by atoms with van der Waals surface area (Å²) in [6.07, 6.45) is 1.09. The molecule has 0 aliphatic heterocycles. The molecule has 0 fully saturated rings. The van der Waals surface area contributed by atoms with Gasteiger partial charge in [0, 0.05) is 19.5 Å². The van der Waals surface area contributed by atoms with E-state index >= 15 is 0 Å². The quantitative estimate of drug-likeness (QED) is 0.763. The van der Waals surface area contributed by atoms with Crippen LogP contribution in [-0.2, 0) is 21.4 Å². The molecular weight excluding hydrogens is 359 g/mol. The summed E-state index contributed by atoms with van der Waals surface area (Å²) in [5.41, 5.74) is 1.22. The van der Waals surface area contributed by atoms with Crippen LogP contribution in [0.5, 0.6) is 5.75 Å². The number of hydrogen-bond donors (Lipinski definition) is 1. The number of carbonyl (C=O) groups excluding carboxylic acids is 1. The Morgan fingerprint density at radius 3 is 2.27 bits per heavy atom. The van der Waals surface area contributed by atoms with Crippen molar-refractivity contribution in [2.45, 2.75) is 13.0 Å². The van der Waals surface area contributed by atoms with Crippen molar-refractivity contribution in [3.05, 3.63) is 59.9 Å². The van der Waals surface area contributed by atoms with E-state index < -0.39 is 10.0 Å². The van der Waals surface area contributed by atoms with E-state index in [1.807, 2.05) is 0 Å². The SMILES string of the molecule is COc1ccc(N(CCC(=O)NCc2ccc(F)cc2)S(C)(=O)=O)cc1. The molecule has 0 heterocycles. The lowest BCUT2D eigenvalue weighted by atomic mass is 10.2. The third-order valence-corrected chi connectivity index (χ3v) is 4.90. The average Bonchev–Trinajstić information content (AvgIpc) is 2.61. The minimum Gasteiger partial charge on any atom is -0.497 e. The standard InChI is InChI=1S/C18H21FN2O4S/c1-25-17-9-7-16(8-10-17)21(26(2,23)24)12-11-18(22)20-13-14-3-5-15(19)6-4-14/h3-10H,11-13H2,1-2H3,(H,20,22).